The van der Waals surface area contributed by atoms with Crippen LogP contribution in [-0.2, 0) is 5.60 Å². The maximum atomic E-state index is 12.2. The number of hydrogen-bond acceptors (Lipinski definition) is 3. The highest BCUT2D eigenvalue weighted by Crippen LogP contribution is 2.42. The Hall–Kier alpha value is -1.55. The van der Waals surface area contributed by atoms with Crippen LogP contribution >= 0.6 is 12.4 Å². The van der Waals surface area contributed by atoms with E-state index in [0.717, 1.165) is 56.8 Å². The van der Waals surface area contributed by atoms with Gasteiger partial charge in [0.2, 0.25) is 0 Å². The normalized spacial score (nSPS) is 17.2. The SMILES string of the molecule is CCCCCOc1ccc(C(O)(CCC)C(CN2CCCCC2)c2ccccc2)cc1.Cl. The van der Waals surface area contributed by atoms with Gasteiger partial charge < -0.3 is 14.7 Å². The van der Waals surface area contributed by atoms with Gasteiger partial charge in [-0.25, -0.2) is 0 Å². The summed E-state index contributed by atoms with van der Waals surface area (Å²) in [7, 11) is 0. The van der Waals surface area contributed by atoms with Crippen molar-refractivity contribution in [1.82, 2.24) is 4.90 Å². The van der Waals surface area contributed by atoms with E-state index in [1.165, 1.54) is 37.7 Å². The molecule has 0 radical (unpaired) electrons. The second-order valence-corrected chi connectivity index (χ2v) is 9.08. The number of unbranched alkanes of at least 4 members (excludes halogenated alkanes) is 2. The first-order valence-corrected chi connectivity index (χ1v) is 12.4. The third-order valence-electron chi connectivity index (χ3n) is 6.67. The summed E-state index contributed by atoms with van der Waals surface area (Å²) in [5.74, 6) is 0.939. The van der Waals surface area contributed by atoms with Crippen molar-refractivity contribution in [2.45, 2.75) is 76.7 Å². The highest BCUT2D eigenvalue weighted by Gasteiger charge is 2.39. The van der Waals surface area contributed by atoms with Crippen LogP contribution < -0.4 is 4.74 Å². The summed E-state index contributed by atoms with van der Waals surface area (Å²) in [4.78, 5) is 2.55. The number of ether oxygens (including phenoxy) is 1. The van der Waals surface area contributed by atoms with Gasteiger partial charge in [0.05, 0.1) is 12.2 Å². The Labute approximate surface area is 201 Å². The van der Waals surface area contributed by atoms with E-state index in [4.69, 9.17) is 4.74 Å². The zero-order valence-corrected chi connectivity index (χ0v) is 20.8. The van der Waals surface area contributed by atoms with Crippen molar-refractivity contribution in [3.8, 4) is 5.75 Å². The molecule has 178 valence electrons. The third-order valence-corrected chi connectivity index (χ3v) is 6.67. The largest absolute Gasteiger partial charge is 0.494 e. The first-order valence-electron chi connectivity index (χ1n) is 12.4. The Balaban J connectivity index is 0.00000363. The van der Waals surface area contributed by atoms with E-state index in [9.17, 15) is 5.11 Å². The summed E-state index contributed by atoms with van der Waals surface area (Å²) in [5.41, 5.74) is 1.33. The standard InChI is InChI=1S/C28H41NO2.ClH/c1-3-5-12-22-31-26-17-15-25(16-18-26)28(30,19-4-2)27(24-13-8-6-9-14-24)23-29-20-10-7-11-21-29;/h6,8-9,13-18,27,30H,3-5,7,10-12,19-23H2,1-2H3;1H. The number of rotatable bonds is 12. The molecule has 1 fully saturated rings. The summed E-state index contributed by atoms with van der Waals surface area (Å²) in [6.45, 7) is 8.30. The molecule has 4 heteroatoms. The highest BCUT2D eigenvalue weighted by molar-refractivity contribution is 5.85. The molecule has 1 heterocycles. The zero-order valence-electron chi connectivity index (χ0n) is 20.0. The molecule has 0 amide bonds. The molecule has 3 nitrogen and oxygen atoms in total. The van der Waals surface area contributed by atoms with Gasteiger partial charge in [-0.2, -0.15) is 0 Å². The Morgan fingerprint density at radius 3 is 2.22 bits per heavy atom. The molecule has 0 saturated carbocycles. The van der Waals surface area contributed by atoms with Gasteiger partial charge in [0.1, 0.15) is 5.75 Å². The second kappa shape index (κ2) is 13.9. The molecule has 2 aromatic rings. The molecule has 2 unspecified atom stereocenters. The molecule has 1 aliphatic heterocycles. The van der Waals surface area contributed by atoms with Crippen molar-refractivity contribution in [3.63, 3.8) is 0 Å². The number of benzene rings is 2. The van der Waals surface area contributed by atoms with E-state index in [1.54, 1.807) is 0 Å². The summed E-state index contributed by atoms with van der Waals surface area (Å²) >= 11 is 0. The van der Waals surface area contributed by atoms with E-state index in [-0.39, 0.29) is 18.3 Å². The minimum Gasteiger partial charge on any atom is -0.494 e. The molecule has 0 spiro atoms. The van der Waals surface area contributed by atoms with Gasteiger partial charge in [-0.15, -0.1) is 12.4 Å². The predicted molar refractivity (Wildman–Crippen MR) is 137 cm³/mol. The van der Waals surface area contributed by atoms with Crippen molar-refractivity contribution in [2.24, 2.45) is 0 Å². The maximum absolute atomic E-state index is 12.2. The number of hydrogen-bond donors (Lipinski definition) is 1. The highest BCUT2D eigenvalue weighted by atomic mass is 35.5. The van der Waals surface area contributed by atoms with Gasteiger partial charge in [-0.3, -0.25) is 0 Å². The molecular formula is C28H42ClNO2. The topological polar surface area (TPSA) is 32.7 Å². The Morgan fingerprint density at radius 2 is 1.59 bits per heavy atom. The van der Waals surface area contributed by atoms with E-state index in [2.05, 4.69) is 61.2 Å². The molecule has 0 aliphatic carbocycles. The fourth-order valence-electron chi connectivity index (χ4n) is 4.90. The summed E-state index contributed by atoms with van der Waals surface area (Å²) < 4.78 is 5.91. The monoisotopic (exact) mass is 459 g/mol. The fraction of sp³-hybridized carbons (Fsp3) is 0.571. The van der Waals surface area contributed by atoms with Crippen LogP contribution in [0.2, 0.25) is 0 Å². The second-order valence-electron chi connectivity index (χ2n) is 9.08. The lowest BCUT2D eigenvalue weighted by Gasteiger charge is -2.41. The van der Waals surface area contributed by atoms with Crippen LogP contribution in [0, 0.1) is 0 Å². The molecule has 32 heavy (non-hydrogen) atoms. The van der Waals surface area contributed by atoms with Crippen LogP contribution in [0.25, 0.3) is 0 Å². The van der Waals surface area contributed by atoms with Crippen LogP contribution in [-0.4, -0.2) is 36.2 Å². The van der Waals surface area contributed by atoms with Gasteiger partial charge in [0.15, 0.2) is 0 Å². The van der Waals surface area contributed by atoms with Crippen LogP contribution in [0.3, 0.4) is 0 Å². The van der Waals surface area contributed by atoms with Gasteiger partial charge >= 0.3 is 0 Å². The van der Waals surface area contributed by atoms with Gasteiger partial charge in [-0.05, 0) is 62.0 Å². The molecule has 1 N–H and O–H groups in total. The van der Waals surface area contributed by atoms with Crippen molar-refractivity contribution in [2.75, 3.05) is 26.2 Å². The zero-order chi connectivity index (χ0) is 21.9. The number of aliphatic hydroxyl groups is 1. The Morgan fingerprint density at radius 1 is 0.906 bits per heavy atom. The number of likely N-dealkylation sites (tertiary alicyclic amines) is 1. The van der Waals surface area contributed by atoms with Crippen LogP contribution in [0.5, 0.6) is 5.75 Å². The lowest BCUT2D eigenvalue weighted by Crippen LogP contribution is -2.42. The predicted octanol–water partition coefficient (Wildman–Crippen LogP) is 6.93. The summed E-state index contributed by atoms with van der Waals surface area (Å²) in [6.07, 6.45) is 9.02. The van der Waals surface area contributed by atoms with E-state index >= 15 is 0 Å². The average molecular weight is 460 g/mol. The quantitative estimate of drug-likeness (QED) is 0.349. The van der Waals surface area contributed by atoms with Crippen LogP contribution in [0.15, 0.2) is 54.6 Å². The molecule has 0 bridgehead atoms. The Kier molecular flexibility index (Phi) is 11.6. The van der Waals surface area contributed by atoms with Crippen molar-refractivity contribution in [3.05, 3.63) is 65.7 Å². The molecule has 2 aromatic carbocycles. The van der Waals surface area contributed by atoms with Gasteiger partial charge in [-0.1, -0.05) is 82.0 Å². The lowest BCUT2D eigenvalue weighted by atomic mass is 9.74. The summed E-state index contributed by atoms with van der Waals surface area (Å²) in [6, 6.07) is 18.8. The van der Waals surface area contributed by atoms with E-state index in [1.807, 2.05) is 12.1 Å². The van der Waals surface area contributed by atoms with Crippen molar-refractivity contribution >= 4 is 12.4 Å². The van der Waals surface area contributed by atoms with E-state index < -0.39 is 5.60 Å². The minimum atomic E-state index is -0.895. The first-order chi connectivity index (χ1) is 15.2. The van der Waals surface area contributed by atoms with E-state index in [0.29, 0.717) is 0 Å². The molecular weight excluding hydrogens is 418 g/mol. The smallest absolute Gasteiger partial charge is 0.119 e. The average Bonchev–Trinajstić information content (AvgIpc) is 2.82. The van der Waals surface area contributed by atoms with Gasteiger partial charge in [0, 0.05) is 12.5 Å². The molecule has 1 saturated heterocycles. The lowest BCUT2D eigenvalue weighted by molar-refractivity contribution is -0.0152. The van der Waals surface area contributed by atoms with Crippen LogP contribution in [0.4, 0.5) is 0 Å². The fourth-order valence-corrected chi connectivity index (χ4v) is 4.90. The van der Waals surface area contributed by atoms with Crippen LogP contribution in [0.1, 0.15) is 82.3 Å². The maximum Gasteiger partial charge on any atom is 0.119 e. The van der Waals surface area contributed by atoms with Gasteiger partial charge in [0.25, 0.3) is 0 Å². The molecule has 0 aromatic heterocycles. The molecule has 2 atom stereocenters. The third kappa shape index (κ3) is 7.23. The number of nitrogens with zero attached hydrogens (tertiary/aromatic N) is 1. The Bertz CT molecular complexity index is 746. The van der Waals surface area contributed by atoms with Crippen molar-refractivity contribution in [1.29, 1.82) is 0 Å². The summed E-state index contributed by atoms with van der Waals surface area (Å²) in [5, 5.41) is 12.2. The molecule has 1 aliphatic rings. The number of piperidine rings is 1. The van der Waals surface area contributed by atoms with Crippen molar-refractivity contribution < 1.29 is 9.84 Å². The molecule has 3 rings (SSSR count). The number of halogens is 1. The minimum absolute atomic E-state index is 0. The first kappa shape index (κ1) is 26.7.